The fourth-order valence-electron chi connectivity index (χ4n) is 13.5. The second-order valence-corrected chi connectivity index (χ2v) is 25.4. The molecule has 0 aromatic rings. The largest absolute Gasteiger partial charge is 0.0950 e. The van der Waals surface area contributed by atoms with Crippen molar-refractivity contribution in [2.75, 3.05) is 6.16 Å². The van der Waals surface area contributed by atoms with E-state index in [4.69, 9.17) is 0 Å². The molecule has 0 nitrogen and oxygen atoms in total. The zero-order valence-corrected chi connectivity index (χ0v) is 27.3. The maximum absolute atomic E-state index is 2.63. The van der Waals surface area contributed by atoms with Crippen LogP contribution in [0.1, 0.15) is 144 Å². The van der Waals surface area contributed by atoms with Gasteiger partial charge in [0.15, 0.2) is 0 Å². The van der Waals surface area contributed by atoms with E-state index in [2.05, 4.69) is 41.5 Å². The molecule has 0 heterocycles. The summed E-state index contributed by atoms with van der Waals surface area (Å²) in [6.07, 6.45) is 27.9. The van der Waals surface area contributed by atoms with Gasteiger partial charge in [0.05, 0.1) is 0 Å². The molecular formula is C35H60P2. The molecule has 0 N–H and O–H groups in total. The zero-order chi connectivity index (χ0) is 25.8. The van der Waals surface area contributed by atoms with Gasteiger partial charge in [-0.3, -0.25) is 0 Å². The third-order valence-electron chi connectivity index (χ3n) is 13.3. The van der Waals surface area contributed by atoms with Gasteiger partial charge in [-0.25, -0.2) is 0 Å². The second kappa shape index (κ2) is 9.18. The molecule has 37 heavy (non-hydrogen) atoms. The summed E-state index contributed by atoms with van der Waals surface area (Å²) in [5.74, 6) is 7.84. The van der Waals surface area contributed by atoms with Gasteiger partial charge in [0.2, 0.25) is 0 Å². The monoisotopic (exact) mass is 542 g/mol. The summed E-state index contributed by atoms with van der Waals surface area (Å²) in [5.41, 5.74) is 1.11. The average Bonchev–Trinajstić information content (AvgIpc) is 3.27. The van der Waals surface area contributed by atoms with Crippen LogP contribution in [0.4, 0.5) is 0 Å². The minimum absolute atomic E-state index is 0.00286. The van der Waals surface area contributed by atoms with Gasteiger partial charge in [-0.2, -0.15) is 0 Å². The van der Waals surface area contributed by atoms with Gasteiger partial charge >= 0.3 is 0 Å². The molecule has 0 amide bonds. The first-order chi connectivity index (χ1) is 17.4. The molecule has 1 unspecified atom stereocenters. The Morgan fingerprint density at radius 1 is 0.568 bits per heavy atom. The van der Waals surface area contributed by atoms with Gasteiger partial charge in [0, 0.05) is 0 Å². The maximum atomic E-state index is 2.63. The summed E-state index contributed by atoms with van der Waals surface area (Å²) in [4.78, 5) is 0. The molecule has 9 fully saturated rings. The zero-order valence-electron chi connectivity index (χ0n) is 25.5. The van der Waals surface area contributed by atoms with Crippen molar-refractivity contribution in [3.8, 4) is 0 Å². The van der Waals surface area contributed by atoms with Crippen LogP contribution in [-0.2, 0) is 0 Å². The van der Waals surface area contributed by atoms with E-state index < -0.39 is 0 Å². The molecular weight excluding hydrogens is 482 g/mol. The highest BCUT2D eigenvalue weighted by Crippen LogP contribution is 2.82. The van der Waals surface area contributed by atoms with Crippen molar-refractivity contribution in [3.05, 3.63) is 0 Å². The maximum Gasteiger partial charge on any atom is -0.00788 e. The van der Waals surface area contributed by atoms with Crippen LogP contribution in [0.5, 0.6) is 0 Å². The van der Waals surface area contributed by atoms with Crippen LogP contribution in [0.3, 0.4) is 0 Å². The van der Waals surface area contributed by atoms with E-state index in [0.717, 1.165) is 57.4 Å². The van der Waals surface area contributed by atoms with Crippen molar-refractivity contribution in [3.63, 3.8) is 0 Å². The predicted octanol–water partition coefficient (Wildman–Crippen LogP) is 11.0. The summed E-state index contributed by atoms with van der Waals surface area (Å²) in [6, 6.07) is 0. The van der Waals surface area contributed by atoms with E-state index in [9.17, 15) is 0 Å². The fourth-order valence-corrected chi connectivity index (χ4v) is 24.2. The van der Waals surface area contributed by atoms with E-state index in [1.807, 2.05) is 0 Å². The topological polar surface area (TPSA) is 0 Å². The van der Waals surface area contributed by atoms with Crippen LogP contribution in [0.15, 0.2) is 0 Å². The van der Waals surface area contributed by atoms with Crippen molar-refractivity contribution >= 4 is 15.8 Å². The molecule has 0 saturated heterocycles. The minimum Gasteiger partial charge on any atom is -0.0950 e. The molecule has 2 heteroatoms. The molecule has 9 aliphatic rings. The predicted molar refractivity (Wildman–Crippen MR) is 166 cm³/mol. The van der Waals surface area contributed by atoms with Crippen molar-refractivity contribution < 1.29 is 0 Å². The first-order valence-corrected chi connectivity index (χ1v) is 19.9. The van der Waals surface area contributed by atoms with Gasteiger partial charge in [0.25, 0.3) is 0 Å². The molecule has 0 aromatic carbocycles. The highest BCUT2D eigenvalue weighted by molar-refractivity contribution is 7.65. The molecule has 9 saturated carbocycles. The van der Waals surface area contributed by atoms with Crippen molar-refractivity contribution in [2.24, 2.45) is 41.4 Å². The first kappa shape index (κ1) is 26.7. The Balaban J connectivity index is 1.34. The van der Waals surface area contributed by atoms with E-state index in [0.29, 0.717) is 10.3 Å². The smallest absolute Gasteiger partial charge is 0.00788 e. The Labute approximate surface area is 233 Å². The minimum atomic E-state index is 0.00286. The standard InChI is InChI=1S/C35H60P2/c1-32(2,3)36(33(4,5)6)23-31(30-9-7-8-10-30)37(34-17-24-11-25(18-34)13-26(12-24)19-34)35-20-27-14-28(21-35)16-29(15-27)22-35/h24-31H,7-23H2,1-6H3. The molecule has 8 bridgehead atoms. The van der Waals surface area contributed by atoms with Crippen LogP contribution in [-0.4, -0.2) is 32.4 Å². The number of hydrogen-bond donors (Lipinski definition) is 0. The Kier molecular flexibility index (Phi) is 6.63. The lowest BCUT2D eigenvalue weighted by Crippen LogP contribution is -2.58. The van der Waals surface area contributed by atoms with Gasteiger partial charge < -0.3 is 0 Å². The van der Waals surface area contributed by atoms with E-state index in [1.54, 1.807) is 109 Å². The van der Waals surface area contributed by atoms with Crippen LogP contribution in [0.2, 0.25) is 0 Å². The van der Waals surface area contributed by atoms with Gasteiger partial charge in [-0.15, -0.1) is 0 Å². The highest BCUT2D eigenvalue weighted by atomic mass is 31.1. The van der Waals surface area contributed by atoms with E-state index >= 15 is 0 Å². The lowest BCUT2D eigenvalue weighted by Gasteiger charge is -2.69. The normalized spacial score (nSPS) is 46.8. The van der Waals surface area contributed by atoms with Crippen LogP contribution in [0, 0.1) is 41.4 Å². The SMILES string of the molecule is CC(C)(C)P(CC(C1CCCC1)P(C12CC3CC(CC(C3)C1)C2)C12CC3CC(CC(C3)C1)C2)C(C)(C)C. The summed E-state index contributed by atoms with van der Waals surface area (Å²) in [7, 11) is 0.109. The quantitative estimate of drug-likeness (QED) is 0.293. The van der Waals surface area contributed by atoms with Crippen molar-refractivity contribution in [1.29, 1.82) is 0 Å². The van der Waals surface area contributed by atoms with Gasteiger partial charge in [-0.1, -0.05) is 70.2 Å². The van der Waals surface area contributed by atoms with Gasteiger partial charge in [-0.05, 0) is 164 Å². The Hall–Kier alpha value is 0.860. The Morgan fingerprint density at radius 3 is 1.19 bits per heavy atom. The van der Waals surface area contributed by atoms with Crippen LogP contribution < -0.4 is 0 Å². The lowest BCUT2D eigenvalue weighted by molar-refractivity contribution is 0.0175. The van der Waals surface area contributed by atoms with Crippen molar-refractivity contribution in [2.45, 2.75) is 171 Å². The molecule has 0 aliphatic heterocycles. The second-order valence-electron chi connectivity index (χ2n) is 18.2. The Morgan fingerprint density at radius 2 is 0.892 bits per heavy atom. The van der Waals surface area contributed by atoms with Crippen LogP contribution in [0.25, 0.3) is 0 Å². The molecule has 9 aliphatic carbocycles. The summed E-state index contributed by atoms with van der Waals surface area (Å²) in [6.45, 7) is 15.8. The summed E-state index contributed by atoms with van der Waals surface area (Å²) < 4.78 is 0. The van der Waals surface area contributed by atoms with Crippen molar-refractivity contribution in [1.82, 2.24) is 0 Å². The molecule has 210 valence electrons. The molecule has 0 spiro atoms. The number of rotatable bonds is 6. The van der Waals surface area contributed by atoms with E-state index in [-0.39, 0.29) is 15.8 Å². The fraction of sp³-hybridized carbons (Fsp3) is 1.00. The van der Waals surface area contributed by atoms with Crippen LogP contribution >= 0.6 is 15.8 Å². The third-order valence-corrected chi connectivity index (χ3v) is 22.0. The van der Waals surface area contributed by atoms with E-state index in [1.165, 1.54) is 0 Å². The molecule has 1 atom stereocenters. The highest BCUT2D eigenvalue weighted by Gasteiger charge is 2.65. The average molecular weight is 543 g/mol. The molecule has 0 aromatic heterocycles. The lowest BCUT2D eigenvalue weighted by atomic mass is 9.55. The van der Waals surface area contributed by atoms with Gasteiger partial charge in [0.1, 0.15) is 0 Å². The molecule has 0 radical (unpaired) electrons. The molecule has 9 rings (SSSR count). The summed E-state index contributed by atoms with van der Waals surface area (Å²) >= 11 is 0. The number of hydrogen-bond acceptors (Lipinski definition) is 0. The Bertz CT molecular complexity index is 723. The summed E-state index contributed by atoms with van der Waals surface area (Å²) in [5, 5.41) is 2.57. The third kappa shape index (κ3) is 4.68. The first-order valence-electron chi connectivity index (χ1n) is 17.0.